The number of aromatic nitrogens is 1. The van der Waals surface area contributed by atoms with Crippen LogP contribution in [0.1, 0.15) is 36.9 Å². The molecule has 2 aromatic carbocycles. The number of carbonyl (C=O) groups excluding carboxylic acids is 1. The van der Waals surface area contributed by atoms with Gasteiger partial charge < -0.3 is 4.90 Å². The quantitative estimate of drug-likeness (QED) is 0.648. The smallest absolute Gasteiger partial charge is 0.227 e. The molecule has 0 bridgehead atoms. The zero-order valence-corrected chi connectivity index (χ0v) is 15.9. The van der Waals surface area contributed by atoms with Gasteiger partial charge in [-0.05, 0) is 42.5 Å². The Morgan fingerprint density at radius 1 is 0.926 bits per heavy atom. The van der Waals surface area contributed by atoms with Gasteiger partial charge in [-0.25, -0.2) is 0 Å². The third-order valence-electron chi connectivity index (χ3n) is 5.55. The second kappa shape index (κ2) is 7.91. The topological polar surface area (TPSA) is 33.2 Å². The maximum atomic E-state index is 13.1. The lowest BCUT2D eigenvalue weighted by molar-refractivity contribution is -0.130. The average Bonchev–Trinajstić information content (AvgIpc) is 2.99. The van der Waals surface area contributed by atoms with Gasteiger partial charge in [-0.1, -0.05) is 61.4 Å². The number of amides is 1. The molecular weight excluding hydrogens is 332 g/mol. The van der Waals surface area contributed by atoms with Gasteiger partial charge in [0.15, 0.2) is 0 Å². The number of benzene rings is 2. The van der Waals surface area contributed by atoms with Crippen LogP contribution in [0, 0.1) is 6.92 Å². The Kier molecular flexibility index (Phi) is 5.19. The first kappa shape index (κ1) is 17.7. The molecule has 0 radical (unpaired) electrons. The predicted octanol–water partition coefficient (Wildman–Crippen LogP) is 5.16. The second-order valence-electron chi connectivity index (χ2n) is 7.41. The molecular formula is C24H26N2O. The maximum absolute atomic E-state index is 13.1. The van der Waals surface area contributed by atoms with E-state index in [4.69, 9.17) is 4.98 Å². The Bertz CT molecular complexity index is 941. The minimum atomic E-state index is 0.231. The monoisotopic (exact) mass is 358 g/mol. The van der Waals surface area contributed by atoms with Crippen molar-refractivity contribution in [2.45, 2.75) is 39.0 Å². The van der Waals surface area contributed by atoms with Crippen LogP contribution in [-0.2, 0) is 11.2 Å². The van der Waals surface area contributed by atoms with Crippen LogP contribution < -0.4 is 0 Å². The van der Waals surface area contributed by atoms with Crippen LogP contribution in [-0.4, -0.2) is 28.9 Å². The Labute approximate surface area is 161 Å². The lowest BCUT2D eigenvalue weighted by Gasteiger charge is -2.22. The van der Waals surface area contributed by atoms with Crippen LogP contribution in [0.3, 0.4) is 0 Å². The number of para-hydroxylation sites is 1. The summed E-state index contributed by atoms with van der Waals surface area (Å²) in [6, 6.07) is 18.6. The summed E-state index contributed by atoms with van der Waals surface area (Å²) in [5, 5.41) is 1.12. The zero-order chi connectivity index (χ0) is 18.6. The number of rotatable bonds is 3. The second-order valence-corrected chi connectivity index (χ2v) is 7.41. The first-order chi connectivity index (χ1) is 13.2. The molecule has 3 aromatic rings. The molecule has 1 saturated heterocycles. The maximum Gasteiger partial charge on any atom is 0.227 e. The fraction of sp³-hybridized carbons (Fsp3) is 0.333. The normalized spacial score (nSPS) is 14.9. The molecule has 2 heterocycles. The number of pyridine rings is 1. The largest absolute Gasteiger partial charge is 0.342 e. The van der Waals surface area contributed by atoms with Crippen molar-refractivity contribution in [3.63, 3.8) is 0 Å². The van der Waals surface area contributed by atoms with E-state index in [0.717, 1.165) is 59.2 Å². The summed E-state index contributed by atoms with van der Waals surface area (Å²) in [6.45, 7) is 3.81. The highest BCUT2D eigenvalue weighted by Crippen LogP contribution is 2.33. The number of nitrogens with zero attached hydrogens (tertiary/aromatic N) is 2. The summed E-state index contributed by atoms with van der Waals surface area (Å²) in [4.78, 5) is 19.9. The third-order valence-corrected chi connectivity index (χ3v) is 5.55. The molecule has 3 heteroatoms. The molecule has 0 unspecified atom stereocenters. The van der Waals surface area contributed by atoms with E-state index in [2.05, 4.69) is 41.3 Å². The van der Waals surface area contributed by atoms with Crippen molar-refractivity contribution < 1.29 is 4.79 Å². The highest BCUT2D eigenvalue weighted by Gasteiger charge is 2.21. The van der Waals surface area contributed by atoms with E-state index in [1.165, 1.54) is 12.8 Å². The Morgan fingerprint density at radius 3 is 2.33 bits per heavy atom. The van der Waals surface area contributed by atoms with Gasteiger partial charge in [-0.15, -0.1) is 0 Å². The lowest BCUT2D eigenvalue weighted by atomic mass is 9.92. The molecule has 138 valence electrons. The summed E-state index contributed by atoms with van der Waals surface area (Å²) in [5.74, 6) is 0.231. The summed E-state index contributed by atoms with van der Waals surface area (Å²) in [5.41, 5.74) is 5.31. The van der Waals surface area contributed by atoms with Gasteiger partial charge in [0.25, 0.3) is 0 Å². The molecule has 1 aliphatic heterocycles. The number of carbonyl (C=O) groups is 1. The van der Waals surface area contributed by atoms with Gasteiger partial charge in [-0.3, -0.25) is 9.78 Å². The SMILES string of the molecule is Cc1nc2ccccc2c(-c2ccccc2)c1CC(=O)N1CCCCCC1. The fourth-order valence-electron chi connectivity index (χ4n) is 4.11. The highest BCUT2D eigenvalue weighted by atomic mass is 16.2. The molecule has 1 aromatic heterocycles. The molecule has 1 amide bonds. The summed E-state index contributed by atoms with van der Waals surface area (Å²) >= 11 is 0. The van der Waals surface area contributed by atoms with E-state index >= 15 is 0 Å². The van der Waals surface area contributed by atoms with Crippen molar-refractivity contribution in [2.75, 3.05) is 13.1 Å². The molecule has 0 aliphatic carbocycles. The molecule has 0 atom stereocenters. The standard InChI is InChI=1S/C24H26N2O/c1-18-21(17-23(27)26-15-9-2-3-10-16-26)24(19-11-5-4-6-12-19)20-13-7-8-14-22(20)25-18/h4-8,11-14H,2-3,9-10,15-17H2,1H3. The van der Waals surface area contributed by atoms with E-state index in [1.807, 2.05) is 25.1 Å². The zero-order valence-electron chi connectivity index (χ0n) is 15.9. The molecule has 0 N–H and O–H groups in total. The van der Waals surface area contributed by atoms with Gasteiger partial charge >= 0.3 is 0 Å². The Balaban J connectivity index is 1.79. The fourth-order valence-corrected chi connectivity index (χ4v) is 4.11. The van der Waals surface area contributed by atoms with Gasteiger partial charge in [0.2, 0.25) is 5.91 Å². The first-order valence-electron chi connectivity index (χ1n) is 9.95. The van der Waals surface area contributed by atoms with Gasteiger partial charge in [0.1, 0.15) is 0 Å². The van der Waals surface area contributed by atoms with E-state index in [0.29, 0.717) is 6.42 Å². The van der Waals surface area contributed by atoms with Crippen LogP contribution in [0.4, 0.5) is 0 Å². The highest BCUT2D eigenvalue weighted by molar-refractivity contribution is 5.98. The number of hydrogen-bond acceptors (Lipinski definition) is 2. The minimum Gasteiger partial charge on any atom is -0.342 e. The Hall–Kier alpha value is -2.68. The molecule has 1 aliphatic rings. The average molecular weight is 358 g/mol. The molecule has 27 heavy (non-hydrogen) atoms. The number of fused-ring (bicyclic) bond motifs is 1. The van der Waals surface area contributed by atoms with E-state index in [1.54, 1.807) is 0 Å². The van der Waals surface area contributed by atoms with Gasteiger partial charge in [-0.2, -0.15) is 0 Å². The van der Waals surface area contributed by atoms with Gasteiger partial charge in [0.05, 0.1) is 11.9 Å². The van der Waals surface area contributed by atoms with Crippen molar-refractivity contribution in [3.05, 3.63) is 65.9 Å². The summed E-state index contributed by atoms with van der Waals surface area (Å²) in [7, 11) is 0. The first-order valence-corrected chi connectivity index (χ1v) is 9.95. The number of aryl methyl sites for hydroxylation is 1. The van der Waals surface area contributed by atoms with Crippen molar-refractivity contribution >= 4 is 16.8 Å². The van der Waals surface area contributed by atoms with Crippen LogP contribution >= 0.6 is 0 Å². The number of hydrogen-bond donors (Lipinski definition) is 0. The van der Waals surface area contributed by atoms with Crippen LogP contribution in [0.2, 0.25) is 0 Å². The lowest BCUT2D eigenvalue weighted by Crippen LogP contribution is -2.33. The predicted molar refractivity (Wildman–Crippen MR) is 111 cm³/mol. The van der Waals surface area contributed by atoms with Gasteiger partial charge in [0, 0.05) is 24.2 Å². The van der Waals surface area contributed by atoms with Crippen LogP contribution in [0.25, 0.3) is 22.0 Å². The van der Waals surface area contributed by atoms with E-state index < -0.39 is 0 Å². The summed E-state index contributed by atoms with van der Waals surface area (Å²) < 4.78 is 0. The van der Waals surface area contributed by atoms with Crippen molar-refractivity contribution in [3.8, 4) is 11.1 Å². The van der Waals surface area contributed by atoms with Crippen molar-refractivity contribution in [1.29, 1.82) is 0 Å². The minimum absolute atomic E-state index is 0.231. The third kappa shape index (κ3) is 3.73. The van der Waals surface area contributed by atoms with Crippen LogP contribution in [0.5, 0.6) is 0 Å². The van der Waals surface area contributed by atoms with E-state index in [-0.39, 0.29) is 5.91 Å². The number of likely N-dealkylation sites (tertiary alicyclic amines) is 1. The van der Waals surface area contributed by atoms with Crippen LogP contribution in [0.15, 0.2) is 54.6 Å². The molecule has 0 spiro atoms. The van der Waals surface area contributed by atoms with Crippen molar-refractivity contribution in [1.82, 2.24) is 9.88 Å². The molecule has 1 fully saturated rings. The summed E-state index contributed by atoms with van der Waals surface area (Å²) in [6.07, 6.45) is 5.12. The Morgan fingerprint density at radius 2 is 1.59 bits per heavy atom. The molecule has 3 nitrogen and oxygen atoms in total. The molecule has 0 saturated carbocycles. The molecule has 4 rings (SSSR count). The van der Waals surface area contributed by atoms with Crippen molar-refractivity contribution in [2.24, 2.45) is 0 Å². The van der Waals surface area contributed by atoms with E-state index in [9.17, 15) is 4.79 Å².